The molecule has 1 amide bonds. The first-order chi connectivity index (χ1) is 11.6. The standard InChI is InChI=1S/C16H12F3NO4S/c17-16(18,19)11-2-1-3-13(9-11)25(22,23)24-12-5-6-14-10(8-12)4-7-15(21)20-14/h1-3,5-6,8-9H,4,7H2,(H,20,21). The molecule has 0 aliphatic carbocycles. The number of hydrogen-bond acceptors (Lipinski definition) is 4. The van der Waals surface area contributed by atoms with E-state index in [0.717, 1.165) is 18.2 Å². The molecule has 0 bridgehead atoms. The number of alkyl halides is 3. The zero-order valence-electron chi connectivity index (χ0n) is 12.6. The largest absolute Gasteiger partial charge is 0.416 e. The van der Waals surface area contributed by atoms with Crippen LogP contribution in [0.4, 0.5) is 18.9 Å². The summed E-state index contributed by atoms with van der Waals surface area (Å²) in [5.41, 5.74) is 0.168. The predicted octanol–water partition coefficient (Wildman–Crippen LogP) is 3.36. The molecule has 2 aromatic carbocycles. The summed E-state index contributed by atoms with van der Waals surface area (Å²) in [5.74, 6) is -0.176. The van der Waals surface area contributed by atoms with Gasteiger partial charge in [-0.1, -0.05) is 6.07 Å². The average molecular weight is 371 g/mol. The molecule has 25 heavy (non-hydrogen) atoms. The lowest BCUT2D eigenvalue weighted by molar-refractivity contribution is -0.137. The summed E-state index contributed by atoms with van der Waals surface area (Å²) in [6, 6.07) is 7.60. The number of aryl methyl sites for hydroxylation is 1. The van der Waals surface area contributed by atoms with Crippen molar-refractivity contribution >= 4 is 21.7 Å². The van der Waals surface area contributed by atoms with E-state index < -0.39 is 26.8 Å². The lowest BCUT2D eigenvalue weighted by atomic mass is 10.0. The van der Waals surface area contributed by atoms with Crippen LogP contribution in [0.25, 0.3) is 0 Å². The Morgan fingerprint density at radius 3 is 2.52 bits per heavy atom. The zero-order valence-corrected chi connectivity index (χ0v) is 13.4. The second kappa shape index (κ2) is 6.07. The molecule has 0 saturated heterocycles. The van der Waals surface area contributed by atoms with Gasteiger partial charge < -0.3 is 9.50 Å². The van der Waals surface area contributed by atoms with Gasteiger partial charge in [0.25, 0.3) is 0 Å². The van der Waals surface area contributed by atoms with E-state index in [0.29, 0.717) is 23.7 Å². The van der Waals surface area contributed by atoms with Crippen LogP contribution in [0.5, 0.6) is 5.75 Å². The number of benzene rings is 2. The van der Waals surface area contributed by atoms with Gasteiger partial charge in [0.05, 0.1) is 5.56 Å². The minimum Gasteiger partial charge on any atom is -0.379 e. The predicted molar refractivity (Wildman–Crippen MR) is 82.7 cm³/mol. The molecule has 0 spiro atoms. The highest BCUT2D eigenvalue weighted by atomic mass is 32.2. The highest BCUT2D eigenvalue weighted by Gasteiger charge is 2.32. The first-order valence-corrected chi connectivity index (χ1v) is 8.60. The Morgan fingerprint density at radius 2 is 1.80 bits per heavy atom. The van der Waals surface area contributed by atoms with Crippen molar-refractivity contribution in [2.24, 2.45) is 0 Å². The third kappa shape index (κ3) is 3.76. The topological polar surface area (TPSA) is 72.5 Å². The fourth-order valence-corrected chi connectivity index (χ4v) is 3.38. The van der Waals surface area contributed by atoms with Crippen molar-refractivity contribution in [2.45, 2.75) is 23.9 Å². The first kappa shape index (κ1) is 17.3. The van der Waals surface area contributed by atoms with Crippen LogP contribution in [0, 0.1) is 0 Å². The highest BCUT2D eigenvalue weighted by molar-refractivity contribution is 7.87. The summed E-state index contributed by atoms with van der Waals surface area (Å²) in [7, 11) is -4.42. The second-order valence-corrected chi connectivity index (χ2v) is 6.98. The summed E-state index contributed by atoms with van der Waals surface area (Å²) in [5, 5.41) is 2.64. The van der Waals surface area contributed by atoms with E-state index in [4.69, 9.17) is 4.18 Å². The fourth-order valence-electron chi connectivity index (χ4n) is 2.41. The van der Waals surface area contributed by atoms with Crippen LogP contribution in [-0.2, 0) is 27.5 Å². The summed E-state index contributed by atoms with van der Waals surface area (Å²) < 4.78 is 67.6. The van der Waals surface area contributed by atoms with Crippen molar-refractivity contribution in [3.8, 4) is 5.75 Å². The smallest absolute Gasteiger partial charge is 0.379 e. The number of hydrogen-bond donors (Lipinski definition) is 1. The second-order valence-electron chi connectivity index (χ2n) is 5.43. The van der Waals surface area contributed by atoms with Gasteiger partial charge >= 0.3 is 16.3 Å². The number of rotatable bonds is 3. The Labute approximate surface area is 141 Å². The normalized spacial score (nSPS) is 14.6. The third-order valence-corrected chi connectivity index (χ3v) is 4.87. The van der Waals surface area contributed by atoms with Gasteiger partial charge in [0, 0.05) is 12.1 Å². The molecule has 1 heterocycles. The first-order valence-electron chi connectivity index (χ1n) is 7.20. The number of fused-ring (bicyclic) bond motifs is 1. The van der Waals surface area contributed by atoms with Gasteiger partial charge in [0.2, 0.25) is 5.91 Å². The number of amides is 1. The van der Waals surface area contributed by atoms with Gasteiger partial charge in [0.15, 0.2) is 0 Å². The molecule has 132 valence electrons. The molecule has 0 aromatic heterocycles. The molecule has 0 radical (unpaired) electrons. The minimum atomic E-state index is -4.66. The van der Waals surface area contributed by atoms with E-state index in [1.807, 2.05) is 0 Å². The van der Waals surface area contributed by atoms with Crippen LogP contribution in [-0.4, -0.2) is 14.3 Å². The molecular weight excluding hydrogens is 359 g/mol. The third-order valence-electron chi connectivity index (χ3n) is 3.63. The lowest BCUT2D eigenvalue weighted by Gasteiger charge is -2.17. The summed E-state index contributed by atoms with van der Waals surface area (Å²) >= 11 is 0. The molecular formula is C16H12F3NO4S. The Balaban J connectivity index is 1.89. The van der Waals surface area contributed by atoms with Crippen LogP contribution >= 0.6 is 0 Å². The van der Waals surface area contributed by atoms with Crippen LogP contribution in [0.2, 0.25) is 0 Å². The van der Waals surface area contributed by atoms with Crippen molar-refractivity contribution in [1.82, 2.24) is 0 Å². The molecule has 1 N–H and O–H groups in total. The molecule has 1 aliphatic rings. The van der Waals surface area contributed by atoms with Gasteiger partial charge in [-0.2, -0.15) is 21.6 Å². The average Bonchev–Trinajstić information content (AvgIpc) is 2.54. The fraction of sp³-hybridized carbons (Fsp3) is 0.188. The van der Waals surface area contributed by atoms with Gasteiger partial charge in [0.1, 0.15) is 10.6 Å². The van der Waals surface area contributed by atoms with Crippen molar-refractivity contribution in [2.75, 3.05) is 5.32 Å². The van der Waals surface area contributed by atoms with Gasteiger partial charge in [-0.05, 0) is 48.4 Å². The van der Waals surface area contributed by atoms with Crippen molar-refractivity contribution in [3.63, 3.8) is 0 Å². The monoisotopic (exact) mass is 371 g/mol. The Kier molecular flexibility index (Phi) is 4.19. The minimum absolute atomic E-state index is 0.0349. The molecule has 0 unspecified atom stereocenters. The van der Waals surface area contributed by atoms with Gasteiger partial charge in [-0.15, -0.1) is 0 Å². The number of carbonyl (C=O) groups excluding carboxylic acids is 1. The van der Waals surface area contributed by atoms with Gasteiger partial charge in [-0.25, -0.2) is 0 Å². The molecule has 3 rings (SSSR count). The molecule has 2 aromatic rings. The van der Waals surface area contributed by atoms with E-state index in [1.165, 1.54) is 18.2 Å². The maximum Gasteiger partial charge on any atom is 0.416 e. The molecule has 1 aliphatic heterocycles. The van der Waals surface area contributed by atoms with E-state index >= 15 is 0 Å². The summed E-state index contributed by atoms with van der Waals surface area (Å²) in [4.78, 5) is 10.7. The van der Waals surface area contributed by atoms with Crippen molar-refractivity contribution in [3.05, 3.63) is 53.6 Å². The molecule has 0 saturated carbocycles. The molecule has 0 atom stereocenters. The Bertz CT molecular complexity index is 939. The van der Waals surface area contributed by atoms with E-state index in [2.05, 4.69) is 5.32 Å². The van der Waals surface area contributed by atoms with Crippen LogP contribution in [0.1, 0.15) is 17.5 Å². The molecule has 9 heteroatoms. The molecule has 5 nitrogen and oxygen atoms in total. The van der Waals surface area contributed by atoms with Crippen molar-refractivity contribution in [1.29, 1.82) is 0 Å². The number of carbonyl (C=O) groups is 1. The maximum absolute atomic E-state index is 12.7. The maximum atomic E-state index is 12.7. The SMILES string of the molecule is O=C1CCc2cc(OS(=O)(=O)c3cccc(C(F)(F)F)c3)ccc2N1. The number of nitrogens with one attached hydrogen (secondary N) is 1. The highest BCUT2D eigenvalue weighted by Crippen LogP contribution is 2.32. The summed E-state index contributed by atoms with van der Waals surface area (Å²) in [6.07, 6.45) is -3.98. The van der Waals surface area contributed by atoms with Gasteiger partial charge in [-0.3, -0.25) is 4.79 Å². The number of anilines is 1. The lowest BCUT2D eigenvalue weighted by Crippen LogP contribution is -2.19. The van der Waals surface area contributed by atoms with Crippen molar-refractivity contribution < 1.29 is 30.6 Å². The zero-order chi connectivity index (χ0) is 18.2. The van der Waals surface area contributed by atoms with Crippen LogP contribution < -0.4 is 9.50 Å². The number of halogens is 3. The van der Waals surface area contributed by atoms with Crippen LogP contribution in [0.3, 0.4) is 0 Å². The Morgan fingerprint density at radius 1 is 1.04 bits per heavy atom. The van der Waals surface area contributed by atoms with E-state index in [1.54, 1.807) is 0 Å². The summed E-state index contributed by atoms with van der Waals surface area (Å²) in [6.45, 7) is 0. The van der Waals surface area contributed by atoms with E-state index in [-0.39, 0.29) is 18.1 Å². The van der Waals surface area contributed by atoms with E-state index in [9.17, 15) is 26.4 Å². The molecule has 0 fully saturated rings. The van der Waals surface area contributed by atoms with Crippen LogP contribution in [0.15, 0.2) is 47.4 Å². The Hall–Kier alpha value is -2.55. The quantitative estimate of drug-likeness (QED) is 0.840.